The number of carbonyl (C=O) groups excluding carboxylic acids is 1. The Labute approximate surface area is 164 Å². The monoisotopic (exact) mass is 383 g/mol. The van der Waals surface area contributed by atoms with E-state index in [0.717, 1.165) is 32.1 Å². The Morgan fingerprint density at radius 3 is 2.15 bits per heavy atom. The fourth-order valence-electron chi connectivity index (χ4n) is 2.54. The molecule has 0 saturated heterocycles. The zero-order valence-corrected chi connectivity index (χ0v) is 16.9. The number of unbranched alkanes of at least 4 members (excludes halogenated alkanes) is 8. The number of esters is 1. The molecule has 0 aliphatic rings. The molecule has 0 spiro atoms. The van der Waals surface area contributed by atoms with Gasteiger partial charge in [-0.3, -0.25) is 4.79 Å². The van der Waals surface area contributed by atoms with Gasteiger partial charge in [0.1, 0.15) is 0 Å². The maximum atomic E-state index is 11.5. The summed E-state index contributed by atoms with van der Waals surface area (Å²) < 4.78 is 4.99. The number of hydrogen-bond donors (Lipinski definition) is 0. The number of ether oxygens (including phenoxy) is 1. The molecule has 0 radical (unpaired) electrons. The summed E-state index contributed by atoms with van der Waals surface area (Å²) in [5, 5.41) is 9.09. The Kier molecular flexibility index (Phi) is 19.1. The van der Waals surface area contributed by atoms with Crippen molar-refractivity contribution in [3.8, 4) is 0 Å². The van der Waals surface area contributed by atoms with E-state index in [4.69, 9.17) is 4.74 Å². The summed E-state index contributed by atoms with van der Waals surface area (Å²) in [7, 11) is 0. The number of allylic oxidation sites excluding steroid dienone is 4. The fourth-order valence-corrected chi connectivity index (χ4v) is 2.54. The Morgan fingerprint density at radius 2 is 1.48 bits per heavy atom. The number of nitrogens with zero attached hydrogens (tertiary/aromatic N) is 1. The maximum Gasteiger partial charge on any atom is 0.305 e. The lowest BCUT2D eigenvalue weighted by Gasteiger charge is -2.04. The lowest BCUT2D eigenvalue weighted by atomic mass is 10.1. The molecular weight excluding hydrogens is 346 g/mol. The van der Waals surface area contributed by atoms with E-state index in [0.29, 0.717) is 12.8 Å². The summed E-state index contributed by atoms with van der Waals surface area (Å²) in [6, 6.07) is 0. The van der Waals surface area contributed by atoms with Crippen LogP contribution in [0.2, 0.25) is 0 Å². The number of carbonyl (C=O) groups is 1. The standard InChI is InChI=1S/C21H37NO5/c1-2-3-4-5-6-7-8-9-10-11-12-13-14-15-16-18-21(23)26-19-17-20-27-22(24)25/h6-7,9-10H,2-5,8,11-20H2,1H3/b7-6-,10-9-. The second-order valence-corrected chi connectivity index (χ2v) is 6.61. The highest BCUT2D eigenvalue weighted by molar-refractivity contribution is 5.69. The number of hydrogen-bond acceptors (Lipinski definition) is 5. The van der Waals surface area contributed by atoms with Crippen LogP contribution < -0.4 is 0 Å². The molecule has 0 heterocycles. The second kappa shape index (κ2) is 20.5. The van der Waals surface area contributed by atoms with Crippen LogP contribution in [0.5, 0.6) is 0 Å². The summed E-state index contributed by atoms with van der Waals surface area (Å²) in [5.74, 6) is -0.234. The lowest BCUT2D eigenvalue weighted by Crippen LogP contribution is -2.09. The minimum absolute atomic E-state index is 0.0377. The summed E-state index contributed by atoms with van der Waals surface area (Å²) in [4.78, 5) is 25.5. The van der Waals surface area contributed by atoms with Crippen molar-refractivity contribution in [1.82, 2.24) is 0 Å². The first-order valence-electron chi connectivity index (χ1n) is 10.4. The van der Waals surface area contributed by atoms with E-state index >= 15 is 0 Å². The van der Waals surface area contributed by atoms with Gasteiger partial charge in [-0.15, -0.1) is 10.1 Å². The van der Waals surface area contributed by atoms with Gasteiger partial charge in [0, 0.05) is 12.8 Å². The van der Waals surface area contributed by atoms with Gasteiger partial charge >= 0.3 is 5.97 Å². The highest BCUT2D eigenvalue weighted by Crippen LogP contribution is 2.08. The first kappa shape index (κ1) is 25.1. The number of rotatable bonds is 19. The molecule has 0 aliphatic heterocycles. The van der Waals surface area contributed by atoms with Gasteiger partial charge in [-0.1, -0.05) is 63.3 Å². The van der Waals surface area contributed by atoms with Crippen LogP contribution in [0.15, 0.2) is 24.3 Å². The zero-order valence-electron chi connectivity index (χ0n) is 16.9. The molecule has 0 aromatic heterocycles. The van der Waals surface area contributed by atoms with Crippen LogP contribution in [-0.2, 0) is 14.4 Å². The molecule has 0 aromatic rings. The molecule has 0 aromatic carbocycles. The summed E-state index contributed by atoms with van der Waals surface area (Å²) in [5.41, 5.74) is 0. The van der Waals surface area contributed by atoms with E-state index in [1.165, 1.54) is 38.5 Å². The molecule has 6 heteroatoms. The van der Waals surface area contributed by atoms with Crippen molar-refractivity contribution < 1.29 is 19.5 Å². The topological polar surface area (TPSA) is 78.7 Å². The summed E-state index contributed by atoms with van der Waals surface area (Å²) in [6.45, 7) is 2.36. The normalized spacial score (nSPS) is 11.3. The predicted molar refractivity (Wildman–Crippen MR) is 108 cm³/mol. The molecular formula is C21H37NO5. The zero-order chi connectivity index (χ0) is 20.0. The first-order valence-corrected chi connectivity index (χ1v) is 10.4. The first-order chi connectivity index (χ1) is 13.2. The fraction of sp³-hybridized carbons (Fsp3) is 0.762. The molecule has 0 fully saturated rings. The van der Waals surface area contributed by atoms with Crippen molar-refractivity contribution in [3.63, 3.8) is 0 Å². The van der Waals surface area contributed by atoms with Crippen LogP contribution >= 0.6 is 0 Å². The van der Waals surface area contributed by atoms with Gasteiger partial charge < -0.3 is 9.57 Å². The smallest absolute Gasteiger partial charge is 0.305 e. The van der Waals surface area contributed by atoms with E-state index < -0.39 is 5.09 Å². The van der Waals surface area contributed by atoms with E-state index in [1.54, 1.807) is 0 Å². The van der Waals surface area contributed by atoms with Gasteiger partial charge in [0.25, 0.3) is 5.09 Å². The van der Waals surface area contributed by atoms with Crippen LogP contribution in [0.1, 0.15) is 90.4 Å². The van der Waals surface area contributed by atoms with E-state index in [9.17, 15) is 14.9 Å². The van der Waals surface area contributed by atoms with Crippen molar-refractivity contribution in [2.45, 2.75) is 90.4 Å². The van der Waals surface area contributed by atoms with Crippen LogP contribution in [0.4, 0.5) is 0 Å². The highest BCUT2D eigenvalue weighted by atomic mass is 16.9. The Hall–Kier alpha value is -1.85. The molecule has 0 aliphatic carbocycles. The van der Waals surface area contributed by atoms with Gasteiger partial charge in [0.05, 0.1) is 13.2 Å². The van der Waals surface area contributed by atoms with Crippen LogP contribution in [0.25, 0.3) is 0 Å². The van der Waals surface area contributed by atoms with Crippen molar-refractivity contribution in [3.05, 3.63) is 34.4 Å². The molecule has 0 unspecified atom stereocenters. The van der Waals surface area contributed by atoms with Gasteiger partial charge in [-0.25, -0.2) is 0 Å². The molecule has 0 N–H and O–H groups in total. The van der Waals surface area contributed by atoms with Gasteiger partial charge in [-0.05, 0) is 38.5 Å². The summed E-state index contributed by atoms with van der Waals surface area (Å²) in [6.07, 6.45) is 22.4. The minimum Gasteiger partial charge on any atom is -0.466 e. The van der Waals surface area contributed by atoms with E-state index in [-0.39, 0.29) is 19.2 Å². The average Bonchev–Trinajstić information content (AvgIpc) is 2.64. The van der Waals surface area contributed by atoms with Crippen molar-refractivity contribution >= 4 is 5.97 Å². The SMILES string of the molecule is CCCCC/C=C\C/C=C\CCCCCCCC(=O)OCCCO[N+](=O)[O-]. The van der Waals surface area contributed by atoms with Crippen LogP contribution in [-0.4, -0.2) is 24.3 Å². The minimum atomic E-state index is -0.843. The van der Waals surface area contributed by atoms with Crippen LogP contribution in [0, 0.1) is 10.1 Å². The highest BCUT2D eigenvalue weighted by Gasteiger charge is 2.03. The van der Waals surface area contributed by atoms with E-state index in [2.05, 4.69) is 36.1 Å². The van der Waals surface area contributed by atoms with Crippen molar-refractivity contribution in [2.75, 3.05) is 13.2 Å². The quantitative estimate of drug-likeness (QED) is 0.0906. The molecule has 156 valence electrons. The average molecular weight is 384 g/mol. The van der Waals surface area contributed by atoms with Gasteiger partial charge in [-0.2, -0.15) is 0 Å². The molecule has 6 nitrogen and oxygen atoms in total. The third kappa shape index (κ3) is 22.1. The lowest BCUT2D eigenvalue weighted by molar-refractivity contribution is -0.757. The Bertz CT molecular complexity index is 421. The largest absolute Gasteiger partial charge is 0.466 e. The molecule has 0 rings (SSSR count). The Morgan fingerprint density at radius 1 is 0.852 bits per heavy atom. The molecule has 0 amide bonds. The molecule has 27 heavy (non-hydrogen) atoms. The molecule has 0 atom stereocenters. The molecule has 0 saturated carbocycles. The predicted octanol–water partition coefficient (Wildman–Crippen LogP) is 5.94. The maximum absolute atomic E-state index is 11.5. The van der Waals surface area contributed by atoms with Gasteiger partial charge in [0.15, 0.2) is 0 Å². The third-order valence-electron chi connectivity index (χ3n) is 4.08. The summed E-state index contributed by atoms with van der Waals surface area (Å²) >= 11 is 0. The Balaban J connectivity index is 3.28. The molecule has 0 bridgehead atoms. The second-order valence-electron chi connectivity index (χ2n) is 6.61. The van der Waals surface area contributed by atoms with Crippen molar-refractivity contribution in [2.24, 2.45) is 0 Å². The van der Waals surface area contributed by atoms with E-state index in [1.807, 2.05) is 0 Å². The van der Waals surface area contributed by atoms with Gasteiger partial charge in [0.2, 0.25) is 0 Å². The van der Waals surface area contributed by atoms with Crippen LogP contribution in [0.3, 0.4) is 0 Å². The third-order valence-corrected chi connectivity index (χ3v) is 4.08. The van der Waals surface area contributed by atoms with Crippen molar-refractivity contribution in [1.29, 1.82) is 0 Å².